The summed E-state index contributed by atoms with van der Waals surface area (Å²) in [4.78, 5) is 37.8. The third-order valence-electron chi connectivity index (χ3n) is 11.2. The van der Waals surface area contributed by atoms with Crippen molar-refractivity contribution in [3.05, 3.63) is 24.3 Å². The first-order valence-corrected chi connectivity index (χ1v) is 25.3. The highest BCUT2D eigenvalue weighted by atomic mass is 16.6. The van der Waals surface area contributed by atoms with E-state index in [-0.39, 0.29) is 31.1 Å². The average Bonchev–Trinajstić information content (AvgIpc) is 3.22. The zero-order valence-electron chi connectivity index (χ0n) is 38.8. The van der Waals surface area contributed by atoms with Gasteiger partial charge in [-0.2, -0.15) is 0 Å². The minimum absolute atomic E-state index is 0.0725. The van der Waals surface area contributed by atoms with E-state index in [1.165, 1.54) is 154 Å². The molecule has 0 aromatic carbocycles. The molecule has 58 heavy (non-hydrogen) atoms. The Morgan fingerprint density at radius 2 is 0.621 bits per heavy atom. The molecule has 0 aromatic heterocycles. The molecule has 0 saturated carbocycles. The second-order valence-corrected chi connectivity index (χ2v) is 17.1. The standard InChI is InChI=1S/C52H96O6/c1-4-7-10-13-16-19-21-23-25-27-28-30-33-36-39-42-45-51(54)57-48-49(47-56-50(53)44-41-38-35-32-18-15-12-9-6-3)58-52(55)46-43-40-37-34-31-29-26-24-22-20-17-14-11-8-5-2/h17,20,24,26,49H,4-16,18-19,21-23,25,27-48H2,1-3H3/b20-17-,26-24-/t49-/m1/s1. The highest BCUT2D eigenvalue weighted by Crippen LogP contribution is 2.16. The summed E-state index contributed by atoms with van der Waals surface area (Å²) in [5.74, 6) is -0.877. The van der Waals surface area contributed by atoms with Gasteiger partial charge in [0.05, 0.1) is 0 Å². The predicted octanol–water partition coefficient (Wildman–Crippen LogP) is 16.4. The van der Waals surface area contributed by atoms with Gasteiger partial charge >= 0.3 is 17.9 Å². The van der Waals surface area contributed by atoms with Crippen LogP contribution in [-0.2, 0) is 28.6 Å². The molecule has 0 rings (SSSR count). The van der Waals surface area contributed by atoms with Gasteiger partial charge in [0.1, 0.15) is 13.2 Å². The van der Waals surface area contributed by atoms with Gasteiger partial charge in [-0.3, -0.25) is 14.4 Å². The molecule has 0 bridgehead atoms. The van der Waals surface area contributed by atoms with Crippen LogP contribution >= 0.6 is 0 Å². The van der Waals surface area contributed by atoms with Crippen molar-refractivity contribution in [3.8, 4) is 0 Å². The number of esters is 3. The van der Waals surface area contributed by atoms with Crippen LogP contribution < -0.4 is 0 Å². The second-order valence-electron chi connectivity index (χ2n) is 17.1. The fraction of sp³-hybridized carbons (Fsp3) is 0.865. The number of rotatable bonds is 46. The van der Waals surface area contributed by atoms with Gasteiger partial charge in [-0.25, -0.2) is 0 Å². The Morgan fingerprint density at radius 1 is 0.345 bits per heavy atom. The minimum atomic E-state index is -0.771. The summed E-state index contributed by atoms with van der Waals surface area (Å²) in [5.41, 5.74) is 0. The molecule has 0 aliphatic rings. The van der Waals surface area contributed by atoms with Crippen molar-refractivity contribution in [2.45, 2.75) is 277 Å². The first kappa shape index (κ1) is 55.9. The lowest BCUT2D eigenvalue weighted by atomic mass is 10.0. The summed E-state index contributed by atoms with van der Waals surface area (Å²) >= 11 is 0. The Morgan fingerprint density at radius 3 is 0.983 bits per heavy atom. The fourth-order valence-electron chi connectivity index (χ4n) is 7.36. The average molecular weight is 817 g/mol. The van der Waals surface area contributed by atoms with Crippen molar-refractivity contribution >= 4 is 17.9 Å². The van der Waals surface area contributed by atoms with Gasteiger partial charge in [0.25, 0.3) is 0 Å². The van der Waals surface area contributed by atoms with Crippen LogP contribution in [-0.4, -0.2) is 37.2 Å². The fourth-order valence-corrected chi connectivity index (χ4v) is 7.36. The van der Waals surface area contributed by atoms with Crippen molar-refractivity contribution in [1.82, 2.24) is 0 Å². The van der Waals surface area contributed by atoms with Crippen molar-refractivity contribution in [2.24, 2.45) is 0 Å². The molecule has 340 valence electrons. The van der Waals surface area contributed by atoms with E-state index in [9.17, 15) is 14.4 Å². The maximum atomic E-state index is 12.8. The number of carbonyl (C=O) groups excluding carboxylic acids is 3. The van der Waals surface area contributed by atoms with Crippen molar-refractivity contribution in [2.75, 3.05) is 13.2 Å². The van der Waals surface area contributed by atoms with Crippen molar-refractivity contribution in [1.29, 1.82) is 0 Å². The maximum Gasteiger partial charge on any atom is 0.306 e. The van der Waals surface area contributed by atoms with Crippen molar-refractivity contribution in [3.63, 3.8) is 0 Å². The Labute approximate surface area is 360 Å². The Balaban J connectivity index is 4.31. The van der Waals surface area contributed by atoms with Crippen LogP contribution in [0.3, 0.4) is 0 Å². The van der Waals surface area contributed by atoms with Crippen LogP contribution in [0.2, 0.25) is 0 Å². The third-order valence-corrected chi connectivity index (χ3v) is 11.2. The number of allylic oxidation sites excluding steroid dienone is 4. The van der Waals surface area contributed by atoms with Gasteiger partial charge in [-0.1, -0.05) is 225 Å². The highest BCUT2D eigenvalue weighted by Gasteiger charge is 2.19. The molecule has 0 radical (unpaired) electrons. The molecule has 0 spiro atoms. The molecule has 0 saturated heterocycles. The molecule has 6 nitrogen and oxygen atoms in total. The van der Waals surface area contributed by atoms with Crippen LogP contribution in [0.5, 0.6) is 0 Å². The van der Waals surface area contributed by atoms with E-state index in [4.69, 9.17) is 14.2 Å². The molecule has 0 N–H and O–H groups in total. The maximum absolute atomic E-state index is 12.8. The molecule has 0 amide bonds. The van der Waals surface area contributed by atoms with E-state index in [0.717, 1.165) is 77.0 Å². The summed E-state index contributed by atoms with van der Waals surface area (Å²) in [7, 11) is 0. The number of unbranched alkanes of at least 4 members (excludes halogenated alkanes) is 31. The van der Waals surface area contributed by atoms with Crippen LogP contribution in [0.15, 0.2) is 24.3 Å². The van der Waals surface area contributed by atoms with Crippen LogP contribution in [0.4, 0.5) is 0 Å². The van der Waals surface area contributed by atoms with E-state index in [2.05, 4.69) is 45.1 Å². The molecular weight excluding hydrogens is 721 g/mol. The molecule has 0 heterocycles. The van der Waals surface area contributed by atoms with Gasteiger partial charge in [0.2, 0.25) is 0 Å². The first-order valence-electron chi connectivity index (χ1n) is 25.3. The quantitative estimate of drug-likeness (QED) is 0.0263. The molecule has 0 fully saturated rings. The van der Waals surface area contributed by atoms with E-state index in [0.29, 0.717) is 19.3 Å². The summed E-state index contributed by atoms with van der Waals surface area (Å²) in [6, 6.07) is 0. The molecular formula is C52H96O6. The van der Waals surface area contributed by atoms with Gasteiger partial charge in [0, 0.05) is 19.3 Å². The smallest absolute Gasteiger partial charge is 0.306 e. The SMILES string of the molecule is CCCCC/C=C\C/C=C\CCCCCCCC(=O)O[C@H](COC(=O)CCCCCCCCCCC)COC(=O)CCCCCCCCCCCCCCCCCC. The zero-order valence-corrected chi connectivity index (χ0v) is 38.8. The lowest BCUT2D eigenvalue weighted by Crippen LogP contribution is -2.30. The largest absolute Gasteiger partial charge is 0.462 e. The van der Waals surface area contributed by atoms with Gasteiger partial charge in [0.15, 0.2) is 6.10 Å². The van der Waals surface area contributed by atoms with Gasteiger partial charge in [-0.15, -0.1) is 0 Å². The Hall–Kier alpha value is -2.11. The van der Waals surface area contributed by atoms with E-state index < -0.39 is 6.10 Å². The second kappa shape index (κ2) is 47.6. The summed E-state index contributed by atoms with van der Waals surface area (Å²) in [5, 5.41) is 0. The summed E-state index contributed by atoms with van der Waals surface area (Å²) in [6.45, 7) is 6.60. The topological polar surface area (TPSA) is 78.9 Å². The van der Waals surface area contributed by atoms with Crippen molar-refractivity contribution < 1.29 is 28.6 Å². The molecule has 0 aromatic rings. The molecule has 0 aliphatic heterocycles. The number of hydrogen-bond acceptors (Lipinski definition) is 6. The van der Waals surface area contributed by atoms with Crippen LogP contribution in [0.1, 0.15) is 271 Å². The number of carbonyl (C=O) groups is 3. The van der Waals surface area contributed by atoms with Crippen LogP contribution in [0, 0.1) is 0 Å². The van der Waals surface area contributed by atoms with E-state index in [1.54, 1.807) is 0 Å². The number of hydrogen-bond donors (Lipinski definition) is 0. The first-order chi connectivity index (χ1) is 28.5. The highest BCUT2D eigenvalue weighted by molar-refractivity contribution is 5.71. The predicted molar refractivity (Wildman–Crippen MR) is 247 cm³/mol. The van der Waals surface area contributed by atoms with Gasteiger partial charge < -0.3 is 14.2 Å². The summed E-state index contributed by atoms with van der Waals surface area (Å²) in [6.07, 6.45) is 53.0. The zero-order chi connectivity index (χ0) is 42.3. The minimum Gasteiger partial charge on any atom is -0.462 e. The monoisotopic (exact) mass is 817 g/mol. The number of ether oxygens (including phenoxy) is 3. The lowest BCUT2D eigenvalue weighted by Gasteiger charge is -2.18. The normalized spacial score (nSPS) is 12.1. The van der Waals surface area contributed by atoms with Gasteiger partial charge in [-0.05, 0) is 51.4 Å². The molecule has 0 unspecified atom stereocenters. The van der Waals surface area contributed by atoms with E-state index >= 15 is 0 Å². The lowest BCUT2D eigenvalue weighted by molar-refractivity contribution is -0.167. The third kappa shape index (κ3) is 45.0. The molecule has 1 atom stereocenters. The summed E-state index contributed by atoms with van der Waals surface area (Å²) < 4.78 is 16.7. The van der Waals surface area contributed by atoms with E-state index in [1.807, 2.05) is 0 Å². The molecule has 0 aliphatic carbocycles. The van der Waals surface area contributed by atoms with Crippen LogP contribution in [0.25, 0.3) is 0 Å². The Kier molecular flexibility index (Phi) is 45.8. The Bertz CT molecular complexity index is 942. The molecule has 6 heteroatoms.